The summed E-state index contributed by atoms with van der Waals surface area (Å²) >= 11 is 0. The van der Waals surface area contributed by atoms with E-state index in [9.17, 15) is 23.1 Å². The fourth-order valence-electron chi connectivity index (χ4n) is 4.63. The van der Waals surface area contributed by atoms with Gasteiger partial charge in [-0.05, 0) is 66.6 Å². The van der Waals surface area contributed by atoms with Crippen LogP contribution in [0.25, 0.3) is 11.1 Å². The van der Waals surface area contributed by atoms with Gasteiger partial charge in [0.2, 0.25) is 0 Å². The van der Waals surface area contributed by atoms with Crippen molar-refractivity contribution in [3.8, 4) is 22.6 Å². The quantitative estimate of drug-likeness (QED) is 0.613. The highest BCUT2D eigenvalue weighted by atomic mass is 19.4. The molecule has 178 valence electrons. The Bertz CT molecular complexity index is 1030. The molecule has 5 rings (SSSR count). The number of carbonyl (C=O) groups excluding carboxylic acids is 1. The number of methoxy groups -OCH3 is 2. The van der Waals surface area contributed by atoms with Crippen LogP contribution in [0.4, 0.5) is 13.2 Å². The molecule has 8 heteroatoms. The largest absolute Gasteiger partial charge is 0.493 e. The average molecular weight is 463 g/mol. The first-order valence-corrected chi connectivity index (χ1v) is 11.1. The Kier molecular flexibility index (Phi) is 6.68. The number of halogens is 3. The van der Waals surface area contributed by atoms with E-state index in [0.717, 1.165) is 68.1 Å². The first-order chi connectivity index (χ1) is 15.7. The van der Waals surface area contributed by atoms with Gasteiger partial charge in [0, 0.05) is 31.1 Å². The van der Waals surface area contributed by atoms with Gasteiger partial charge in [-0.2, -0.15) is 13.2 Å². The molecule has 0 aromatic heterocycles. The number of benzene rings is 2. The Labute approximate surface area is 191 Å². The molecule has 4 aliphatic rings. The molecular formula is C25H28F3NO4. The molecule has 1 unspecified atom stereocenters. The third-order valence-electron chi connectivity index (χ3n) is 6.60. The number of ketones is 1. The van der Waals surface area contributed by atoms with Gasteiger partial charge >= 0.3 is 6.18 Å². The first-order valence-electron chi connectivity index (χ1n) is 11.1. The number of aryl methyl sites for hydroxylation is 1. The van der Waals surface area contributed by atoms with Crippen LogP contribution in [0.2, 0.25) is 0 Å². The summed E-state index contributed by atoms with van der Waals surface area (Å²) in [6.07, 6.45) is -0.958. The number of Topliss-reactive ketones (excluding diaryl/α,β-unsaturated/α-hetero) is 1. The van der Waals surface area contributed by atoms with Crippen molar-refractivity contribution >= 4 is 5.78 Å². The van der Waals surface area contributed by atoms with E-state index < -0.39 is 11.7 Å². The number of likely N-dealkylation sites (tertiary alicyclic amines) is 1. The number of rotatable bonds is 4. The van der Waals surface area contributed by atoms with Crippen LogP contribution >= 0.6 is 0 Å². The second-order valence-corrected chi connectivity index (χ2v) is 8.75. The molecule has 33 heavy (non-hydrogen) atoms. The molecule has 1 aromatic rings. The molecule has 0 bridgehead atoms. The summed E-state index contributed by atoms with van der Waals surface area (Å²) < 4.78 is 46.3. The van der Waals surface area contributed by atoms with Crippen molar-refractivity contribution in [1.29, 1.82) is 0 Å². The zero-order chi connectivity index (χ0) is 23.8. The number of alkyl halides is 3. The Morgan fingerprint density at radius 3 is 2.18 bits per heavy atom. The van der Waals surface area contributed by atoms with E-state index in [2.05, 4.69) is 4.90 Å². The lowest BCUT2D eigenvalue weighted by Gasteiger charge is -2.33. The van der Waals surface area contributed by atoms with Gasteiger partial charge in [0.15, 0.2) is 17.3 Å². The van der Waals surface area contributed by atoms with E-state index in [1.807, 2.05) is 12.1 Å². The fraction of sp³-hybridized carbons (Fsp3) is 0.480. The number of hydrogen-bond donors (Lipinski definition) is 1. The molecule has 1 aromatic carbocycles. The van der Waals surface area contributed by atoms with Gasteiger partial charge in [-0.25, -0.2) is 0 Å². The molecule has 1 fully saturated rings. The van der Waals surface area contributed by atoms with Gasteiger partial charge in [-0.3, -0.25) is 4.79 Å². The smallest absolute Gasteiger partial charge is 0.417 e. The third-order valence-corrected chi connectivity index (χ3v) is 6.60. The zero-order valence-corrected chi connectivity index (χ0v) is 18.7. The number of piperidine rings is 1. The van der Waals surface area contributed by atoms with Crippen molar-refractivity contribution in [3.05, 3.63) is 47.0 Å². The number of aliphatic hydroxyl groups is 1. The predicted molar refractivity (Wildman–Crippen MR) is 118 cm³/mol. The maximum Gasteiger partial charge on any atom is 0.417 e. The summed E-state index contributed by atoms with van der Waals surface area (Å²) in [5, 5.41) is 9.60. The summed E-state index contributed by atoms with van der Waals surface area (Å²) in [5.74, 6) is 1.54. The van der Waals surface area contributed by atoms with Gasteiger partial charge in [-0.1, -0.05) is 6.07 Å². The van der Waals surface area contributed by atoms with Gasteiger partial charge in [0.05, 0.1) is 25.9 Å². The highest BCUT2D eigenvalue weighted by molar-refractivity contribution is 6.01. The standard InChI is InChI=1S/C18H25NO4.C7H3F3/c1-22-16-9-12-3-4-13(11-19-7-5-14(20)6-8-19)18(21)15(12)10-17(16)23-2;8-7(9,10)6-2-1-4-3-5(4)6/h9-10,13-14,20H,3-8,11H2,1-2H3;1-3H. The summed E-state index contributed by atoms with van der Waals surface area (Å²) in [6.45, 7) is 2.55. The van der Waals surface area contributed by atoms with Crippen LogP contribution in [-0.2, 0) is 12.6 Å². The molecular weight excluding hydrogens is 435 g/mol. The Morgan fingerprint density at radius 2 is 1.67 bits per heavy atom. The topological polar surface area (TPSA) is 59.0 Å². The van der Waals surface area contributed by atoms with Gasteiger partial charge < -0.3 is 19.5 Å². The van der Waals surface area contributed by atoms with Crippen LogP contribution in [-0.4, -0.2) is 55.7 Å². The number of hydrogen-bond acceptors (Lipinski definition) is 5. The van der Waals surface area contributed by atoms with Crippen LogP contribution in [0.5, 0.6) is 11.5 Å². The van der Waals surface area contributed by atoms with Crippen molar-refractivity contribution in [3.63, 3.8) is 0 Å². The van der Waals surface area contributed by atoms with Gasteiger partial charge in [-0.15, -0.1) is 0 Å². The van der Waals surface area contributed by atoms with E-state index in [1.165, 1.54) is 12.1 Å². The minimum absolute atomic E-state index is 0.0378. The van der Waals surface area contributed by atoms with E-state index >= 15 is 0 Å². The van der Waals surface area contributed by atoms with Crippen molar-refractivity contribution in [2.45, 2.75) is 38.0 Å². The molecule has 1 heterocycles. The normalized spacial score (nSPS) is 19.9. The van der Waals surface area contributed by atoms with Crippen molar-refractivity contribution in [2.24, 2.45) is 5.92 Å². The van der Waals surface area contributed by atoms with E-state index in [-0.39, 0.29) is 17.8 Å². The molecule has 0 amide bonds. The molecule has 1 saturated heterocycles. The van der Waals surface area contributed by atoms with Crippen LogP contribution < -0.4 is 9.47 Å². The summed E-state index contributed by atoms with van der Waals surface area (Å²) in [5.41, 5.74) is 2.43. The molecule has 3 aliphatic carbocycles. The van der Waals surface area contributed by atoms with E-state index in [0.29, 0.717) is 17.1 Å². The number of ether oxygens (including phenoxy) is 2. The van der Waals surface area contributed by atoms with Crippen LogP contribution in [0.15, 0.2) is 30.3 Å². The minimum atomic E-state index is -4.17. The predicted octanol–water partition coefficient (Wildman–Crippen LogP) is 4.59. The maximum atomic E-state index is 12.9. The number of fused-ring (bicyclic) bond motifs is 2. The second kappa shape index (κ2) is 9.35. The number of carbonyl (C=O) groups is 1. The fourth-order valence-corrected chi connectivity index (χ4v) is 4.63. The number of nitrogens with zero attached hydrogens (tertiary/aromatic N) is 1. The molecule has 0 radical (unpaired) electrons. The highest BCUT2D eigenvalue weighted by Gasteiger charge is 2.37. The third kappa shape index (κ3) is 5.17. The van der Waals surface area contributed by atoms with Crippen LogP contribution in [0.3, 0.4) is 0 Å². The van der Waals surface area contributed by atoms with Gasteiger partial charge in [0.25, 0.3) is 0 Å². The Balaban J connectivity index is 0.000000214. The summed E-state index contributed by atoms with van der Waals surface area (Å²) in [4.78, 5) is 15.2. The lowest BCUT2D eigenvalue weighted by molar-refractivity contribution is -0.136. The van der Waals surface area contributed by atoms with Crippen molar-refractivity contribution in [2.75, 3.05) is 33.9 Å². The molecule has 1 N–H and O–H groups in total. The van der Waals surface area contributed by atoms with Crippen LogP contribution in [0, 0.1) is 5.92 Å². The molecule has 5 nitrogen and oxygen atoms in total. The lowest BCUT2D eigenvalue weighted by atomic mass is 9.82. The Hall–Kier alpha value is -2.58. The monoisotopic (exact) mass is 463 g/mol. The molecule has 0 saturated carbocycles. The second-order valence-electron chi connectivity index (χ2n) is 8.75. The molecule has 1 aliphatic heterocycles. The maximum absolute atomic E-state index is 12.9. The zero-order valence-electron chi connectivity index (χ0n) is 18.7. The number of aliphatic hydroxyl groups excluding tert-OH is 1. The Morgan fingerprint density at radius 1 is 1.00 bits per heavy atom. The average Bonchev–Trinajstić information content (AvgIpc) is 3.43. The van der Waals surface area contributed by atoms with Gasteiger partial charge in [0.1, 0.15) is 0 Å². The van der Waals surface area contributed by atoms with E-state index in [4.69, 9.17) is 9.47 Å². The summed E-state index contributed by atoms with van der Waals surface area (Å²) in [6, 6.07) is 7.88. The molecule has 1 atom stereocenters. The SMILES string of the molecule is COc1cc2c(cc1OC)C(=O)C(CN1CCC(O)CC1)CC2.FC(F)(F)c1ccc2cc1-2. The van der Waals surface area contributed by atoms with Crippen molar-refractivity contribution < 1.29 is 32.5 Å². The van der Waals surface area contributed by atoms with Crippen LogP contribution in [0.1, 0.15) is 40.7 Å². The molecule has 0 spiro atoms. The van der Waals surface area contributed by atoms with Crippen molar-refractivity contribution in [1.82, 2.24) is 4.90 Å². The van der Waals surface area contributed by atoms with E-state index in [1.54, 1.807) is 14.2 Å². The lowest BCUT2D eigenvalue weighted by Crippen LogP contribution is -2.41. The first kappa shape index (κ1) is 23.6. The highest BCUT2D eigenvalue weighted by Crippen LogP contribution is 2.46. The minimum Gasteiger partial charge on any atom is -0.493 e. The summed E-state index contributed by atoms with van der Waals surface area (Å²) in [7, 11) is 3.20.